The molecule has 1 saturated heterocycles. The van der Waals surface area contributed by atoms with Crippen molar-refractivity contribution in [2.75, 3.05) is 36.4 Å². The summed E-state index contributed by atoms with van der Waals surface area (Å²) >= 11 is 0. The summed E-state index contributed by atoms with van der Waals surface area (Å²) in [5, 5.41) is 3.32. The Balaban J connectivity index is 1.46. The lowest BCUT2D eigenvalue weighted by Crippen LogP contribution is -2.49. The third-order valence-electron chi connectivity index (χ3n) is 5.34. The van der Waals surface area contributed by atoms with Crippen LogP contribution in [0.3, 0.4) is 0 Å². The van der Waals surface area contributed by atoms with Gasteiger partial charge in [-0.2, -0.15) is 4.31 Å². The van der Waals surface area contributed by atoms with E-state index in [1.54, 1.807) is 23.3 Å². The van der Waals surface area contributed by atoms with E-state index in [0.29, 0.717) is 43.6 Å². The van der Waals surface area contributed by atoms with Gasteiger partial charge in [-0.05, 0) is 45.4 Å². The number of nitrogens with one attached hydrogen (secondary N) is 1. The molecule has 3 aromatic rings. The highest BCUT2D eigenvalue weighted by atomic mass is 32.2. The van der Waals surface area contributed by atoms with Crippen molar-refractivity contribution in [2.24, 2.45) is 0 Å². The van der Waals surface area contributed by atoms with Crippen molar-refractivity contribution >= 4 is 27.5 Å². The van der Waals surface area contributed by atoms with E-state index in [9.17, 15) is 8.42 Å². The molecular formula is C21H28N8O2S. The summed E-state index contributed by atoms with van der Waals surface area (Å²) in [5.41, 5.74) is 1.10. The first-order valence-electron chi connectivity index (χ1n) is 10.6. The first-order chi connectivity index (χ1) is 15.2. The highest BCUT2D eigenvalue weighted by molar-refractivity contribution is 7.89. The zero-order chi connectivity index (χ0) is 22.9. The number of hydrogen-bond donors (Lipinski definition) is 1. The fourth-order valence-electron chi connectivity index (χ4n) is 3.54. The van der Waals surface area contributed by atoms with E-state index in [2.05, 4.69) is 30.2 Å². The number of nitrogens with zero attached hydrogens (tertiary/aromatic N) is 7. The molecule has 0 aromatic carbocycles. The Morgan fingerprint density at radius 3 is 2.41 bits per heavy atom. The monoisotopic (exact) mass is 456 g/mol. The second-order valence-electron chi connectivity index (χ2n) is 8.15. The van der Waals surface area contributed by atoms with Gasteiger partial charge in [0.2, 0.25) is 0 Å². The van der Waals surface area contributed by atoms with Gasteiger partial charge in [-0.15, -0.1) is 0 Å². The maximum atomic E-state index is 13.0. The van der Waals surface area contributed by atoms with E-state index in [1.807, 2.05) is 45.9 Å². The average molecular weight is 457 g/mol. The first kappa shape index (κ1) is 22.2. The molecule has 0 bridgehead atoms. The molecule has 0 radical (unpaired) electrons. The van der Waals surface area contributed by atoms with Crippen molar-refractivity contribution in [1.29, 1.82) is 0 Å². The number of anilines is 3. The Labute approximate surface area is 188 Å². The van der Waals surface area contributed by atoms with Crippen molar-refractivity contribution in [3.8, 4) is 0 Å². The Bertz CT molecular complexity index is 1200. The first-order valence-corrected chi connectivity index (χ1v) is 12.0. The van der Waals surface area contributed by atoms with Gasteiger partial charge < -0.3 is 14.8 Å². The van der Waals surface area contributed by atoms with Crippen LogP contribution in [-0.4, -0.2) is 63.4 Å². The van der Waals surface area contributed by atoms with Crippen molar-refractivity contribution in [3.05, 3.63) is 48.3 Å². The third kappa shape index (κ3) is 4.73. The molecule has 0 atom stereocenters. The van der Waals surface area contributed by atoms with Crippen LogP contribution in [0.4, 0.5) is 17.5 Å². The topological polar surface area (TPSA) is 109 Å². The van der Waals surface area contributed by atoms with Crippen molar-refractivity contribution in [3.63, 3.8) is 0 Å². The second-order valence-corrected chi connectivity index (χ2v) is 10.0. The minimum atomic E-state index is -3.62. The molecule has 4 rings (SSSR count). The number of rotatable bonds is 6. The molecule has 0 saturated carbocycles. The largest absolute Gasteiger partial charge is 0.354 e. The summed E-state index contributed by atoms with van der Waals surface area (Å²) in [4.78, 5) is 19.5. The lowest BCUT2D eigenvalue weighted by Gasteiger charge is -2.34. The van der Waals surface area contributed by atoms with E-state index in [0.717, 1.165) is 11.4 Å². The van der Waals surface area contributed by atoms with Gasteiger partial charge in [0.25, 0.3) is 10.0 Å². The summed E-state index contributed by atoms with van der Waals surface area (Å²) in [5.74, 6) is 2.76. The van der Waals surface area contributed by atoms with Gasteiger partial charge in [0.05, 0.1) is 6.33 Å². The predicted octanol–water partition coefficient (Wildman–Crippen LogP) is 2.52. The maximum absolute atomic E-state index is 13.0. The highest BCUT2D eigenvalue weighted by Gasteiger charge is 2.31. The van der Waals surface area contributed by atoms with Crippen LogP contribution in [-0.2, 0) is 10.0 Å². The molecule has 0 spiro atoms. The molecule has 0 unspecified atom stereocenters. The van der Waals surface area contributed by atoms with E-state index in [1.165, 1.54) is 4.31 Å². The summed E-state index contributed by atoms with van der Waals surface area (Å²) in [6.07, 6.45) is 4.91. The van der Waals surface area contributed by atoms with E-state index in [4.69, 9.17) is 0 Å². The van der Waals surface area contributed by atoms with Crippen molar-refractivity contribution in [2.45, 2.75) is 38.8 Å². The van der Waals surface area contributed by atoms with Crippen molar-refractivity contribution in [1.82, 2.24) is 28.8 Å². The molecule has 1 fully saturated rings. The Hall–Kier alpha value is -3.05. The molecule has 1 N–H and O–H groups in total. The van der Waals surface area contributed by atoms with Crippen LogP contribution in [0.1, 0.15) is 31.3 Å². The normalized spacial score (nSPS) is 15.3. The molecular weight excluding hydrogens is 428 g/mol. The third-order valence-corrected chi connectivity index (χ3v) is 7.12. The standard InChI is InChI=1S/C21H28N8O2S/c1-15(2)28-13-21(23-14-28)32(30,31)29-9-7-27(8-10-29)20-12-19(24-17(4)25-20)26-18-11-16(3)5-6-22-18/h5-6,11-15H,7-10H2,1-4H3,(H,22,24,25,26). The van der Waals surface area contributed by atoms with Crippen LogP contribution < -0.4 is 10.2 Å². The van der Waals surface area contributed by atoms with Gasteiger partial charge in [0, 0.05) is 50.7 Å². The summed E-state index contributed by atoms with van der Waals surface area (Å²) in [7, 11) is -3.62. The smallest absolute Gasteiger partial charge is 0.262 e. The van der Waals surface area contributed by atoms with E-state index < -0.39 is 10.0 Å². The van der Waals surface area contributed by atoms with E-state index >= 15 is 0 Å². The predicted molar refractivity (Wildman–Crippen MR) is 123 cm³/mol. The van der Waals surface area contributed by atoms with Gasteiger partial charge in [0.15, 0.2) is 5.03 Å². The number of aryl methyl sites for hydroxylation is 2. The molecule has 3 aromatic heterocycles. The Kier molecular flexibility index (Phi) is 6.11. The molecule has 32 heavy (non-hydrogen) atoms. The zero-order valence-corrected chi connectivity index (χ0v) is 19.5. The summed E-state index contributed by atoms with van der Waals surface area (Å²) in [6, 6.07) is 5.90. The lowest BCUT2D eigenvalue weighted by atomic mass is 10.3. The Morgan fingerprint density at radius 2 is 1.75 bits per heavy atom. The van der Waals surface area contributed by atoms with Gasteiger partial charge in [-0.3, -0.25) is 0 Å². The zero-order valence-electron chi connectivity index (χ0n) is 18.7. The average Bonchev–Trinajstić information content (AvgIpc) is 3.25. The van der Waals surface area contributed by atoms with Gasteiger partial charge in [0.1, 0.15) is 23.3 Å². The highest BCUT2D eigenvalue weighted by Crippen LogP contribution is 2.23. The molecule has 4 heterocycles. The van der Waals surface area contributed by atoms with Crippen LogP contribution in [0, 0.1) is 13.8 Å². The molecule has 10 nitrogen and oxygen atoms in total. The van der Waals surface area contributed by atoms with Crippen molar-refractivity contribution < 1.29 is 8.42 Å². The molecule has 170 valence electrons. The fourth-order valence-corrected chi connectivity index (χ4v) is 4.88. The fraction of sp³-hybridized carbons (Fsp3) is 0.429. The number of imidazole rings is 1. The minimum Gasteiger partial charge on any atom is -0.354 e. The number of pyridine rings is 1. The van der Waals surface area contributed by atoms with Gasteiger partial charge in [-0.25, -0.2) is 28.4 Å². The Morgan fingerprint density at radius 1 is 1.00 bits per heavy atom. The van der Waals surface area contributed by atoms with Crippen LogP contribution in [0.5, 0.6) is 0 Å². The number of aromatic nitrogens is 5. The summed E-state index contributed by atoms with van der Waals surface area (Å²) < 4.78 is 29.3. The summed E-state index contributed by atoms with van der Waals surface area (Å²) in [6.45, 7) is 9.60. The van der Waals surface area contributed by atoms with Crippen LogP contribution in [0.25, 0.3) is 0 Å². The quantitative estimate of drug-likeness (QED) is 0.603. The van der Waals surface area contributed by atoms with Gasteiger partial charge >= 0.3 is 0 Å². The molecule has 0 aliphatic carbocycles. The number of sulfonamides is 1. The molecule has 1 aliphatic heterocycles. The van der Waals surface area contributed by atoms with Crippen LogP contribution in [0.15, 0.2) is 41.9 Å². The number of hydrogen-bond acceptors (Lipinski definition) is 8. The maximum Gasteiger partial charge on any atom is 0.262 e. The molecule has 1 aliphatic rings. The van der Waals surface area contributed by atoms with Crippen LogP contribution >= 0.6 is 0 Å². The second kappa shape index (κ2) is 8.83. The van der Waals surface area contributed by atoms with Gasteiger partial charge in [-0.1, -0.05) is 0 Å². The minimum absolute atomic E-state index is 0.0923. The number of piperazine rings is 1. The van der Waals surface area contributed by atoms with Crippen LogP contribution in [0.2, 0.25) is 0 Å². The molecule has 11 heteroatoms. The SMILES string of the molecule is Cc1ccnc(Nc2cc(N3CCN(S(=O)(=O)c4cn(C(C)C)cn4)CC3)nc(C)n2)c1. The lowest BCUT2D eigenvalue weighted by molar-refractivity contribution is 0.382. The molecule has 0 amide bonds. The van der Waals surface area contributed by atoms with E-state index in [-0.39, 0.29) is 11.1 Å².